The van der Waals surface area contributed by atoms with E-state index < -0.39 is 6.10 Å². The van der Waals surface area contributed by atoms with Crippen LogP contribution in [0.5, 0.6) is 11.5 Å². The molecule has 140 valence electrons. The fourth-order valence-electron chi connectivity index (χ4n) is 3.18. The van der Waals surface area contributed by atoms with Crippen LogP contribution in [0, 0.1) is 0 Å². The van der Waals surface area contributed by atoms with Crippen LogP contribution in [0.3, 0.4) is 0 Å². The van der Waals surface area contributed by atoms with Gasteiger partial charge in [0.15, 0.2) is 11.5 Å². The van der Waals surface area contributed by atoms with Gasteiger partial charge in [-0.05, 0) is 17.7 Å². The van der Waals surface area contributed by atoms with Crippen LogP contribution in [0.1, 0.15) is 5.56 Å². The summed E-state index contributed by atoms with van der Waals surface area (Å²) in [6.07, 6.45) is -0.748. The molecular weight excluding hydrogens is 324 g/mol. The lowest BCUT2D eigenvalue weighted by molar-refractivity contribution is -0.00291. The minimum Gasteiger partial charge on any atom is -0.493 e. The third kappa shape index (κ3) is 5.29. The van der Waals surface area contributed by atoms with Gasteiger partial charge in [-0.15, -0.1) is 0 Å². The van der Waals surface area contributed by atoms with E-state index in [9.17, 15) is 10.2 Å². The van der Waals surface area contributed by atoms with Crippen molar-refractivity contribution in [1.82, 2.24) is 9.80 Å². The highest BCUT2D eigenvalue weighted by Gasteiger charge is 2.24. The van der Waals surface area contributed by atoms with E-state index in [1.165, 1.54) is 0 Å². The standard InChI is InChI=1S/C18H28N2O5/c1-23-18-8-14(9-20-10-15(21)11-20)2-3-17(18)25-13-16(22)12-19-4-6-24-7-5-19/h2-3,8,15-16,21-22H,4-7,9-13H2,1H3. The summed E-state index contributed by atoms with van der Waals surface area (Å²) in [5.74, 6) is 1.30. The Hall–Kier alpha value is -1.38. The quantitative estimate of drug-likeness (QED) is 0.679. The molecule has 0 saturated carbocycles. The summed E-state index contributed by atoms with van der Waals surface area (Å²) in [6, 6.07) is 5.83. The largest absolute Gasteiger partial charge is 0.493 e. The molecule has 1 aromatic carbocycles. The summed E-state index contributed by atoms with van der Waals surface area (Å²) < 4.78 is 16.5. The van der Waals surface area contributed by atoms with Crippen LogP contribution in [-0.4, -0.2) is 91.9 Å². The molecule has 2 heterocycles. The van der Waals surface area contributed by atoms with Crippen LogP contribution in [0.4, 0.5) is 0 Å². The summed E-state index contributed by atoms with van der Waals surface area (Å²) in [5, 5.41) is 19.5. The fourth-order valence-corrected chi connectivity index (χ4v) is 3.18. The zero-order chi connectivity index (χ0) is 17.6. The Morgan fingerprint density at radius 3 is 2.64 bits per heavy atom. The number of methoxy groups -OCH3 is 1. The first kappa shape index (κ1) is 18.4. The number of likely N-dealkylation sites (tertiary alicyclic amines) is 1. The van der Waals surface area contributed by atoms with E-state index in [0.29, 0.717) is 31.1 Å². The van der Waals surface area contributed by atoms with Crippen molar-refractivity contribution in [2.75, 3.05) is 59.7 Å². The molecule has 7 heteroatoms. The second-order valence-corrected chi connectivity index (χ2v) is 6.71. The molecule has 1 aromatic rings. The lowest BCUT2D eigenvalue weighted by atomic mass is 10.1. The number of aliphatic hydroxyl groups is 2. The number of ether oxygens (including phenoxy) is 3. The van der Waals surface area contributed by atoms with Crippen molar-refractivity contribution in [3.63, 3.8) is 0 Å². The molecule has 2 aliphatic heterocycles. The topological polar surface area (TPSA) is 74.6 Å². The summed E-state index contributed by atoms with van der Waals surface area (Å²) in [6.45, 7) is 6.16. The van der Waals surface area contributed by atoms with Gasteiger partial charge in [-0.1, -0.05) is 6.07 Å². The number of aliphatic hydroxyl groups excluding tert-OH is 2. The Labute approximate surface area is 148 Å². The average molecular weight is 352 g/mol. The van der Waals surface area contributed by atoms with E-state index >= 15 is 0 Å². The van der Waals surface area contributed by atoms with Crippen molar-refractivity contribution < 1.29 is 24.4 Å². The van der Waals surface area contributed by atoms with Gasteiger partial charge >= 0.3 is 0 Å². The third-order valence-electron chi connectivity index (χ3n) is 4.58. The van der Waals surface area contributed by atoms with Gasteiger partial charge in [0.1, 0.15) is 12.7 Å². The monoisotopic (exact) mass is 352 g/mol. The van der Waals surface area contributed by atoms with Crippen LogP contribution >= 0.6 is 0 Å². The number of nitrogens with zero attached hydrogens (tertiary/aromatic N) is 2. The van der Waals surface area contributed by atoms with Gasteiger partial charge in [-0.25, -0.2) is 0 Å². The van der Waals surface area contributed by atoms with Crippen molar-refractivity contribution in [2.45, 2.75) is 18.8 Å². The van der Waals surface area contributed by atoms with Crippen molar-refractivity contribution in [1.29, 1.82) is 0 Å². The molecule has 2 N–H and O–H groups in total. The van der Waals surface area contributed by atoms with Crippen LogP contribution in [0.2, 0.25) is 0 Å². The van der Waals surface area contributed by atoms with Crippen molar-refractivity contribution in [3.8, 4) is 11.5 Å². The Morgan fingerprint density at radius 2 is 1.96 bits per heavy atom. The van der Waals surface area contributed by atoms with Crippen LogP contribution in [0.15, 0.2) is 18.2 Å². The van der Waals surface area contributed by atoms with E-state index in [1.807, 2.05) is 18.2 Å². The van der Waals surface area contributed by atoms with E-state index in [-0.39, 0.29) is 12.7 Å². The first-order valence-corrected chi connectivity index (χ1v) is 8.82. The Bertz CT molecular complexity index is 544. The maximum Gasteiger partial charge on any atom is 0.161 e. The minimum absolute atomic E-state index is 0.197. The number of hydrogen-bond donors (Lipinski definition) is 2. The number of rotatable bonds is 8. The summed E-state index contributed by atoms with van der Waals surface area (Å²) in [7, 11) is 1.61. The lowest BCUT2D eigenvalue weighted by Crippen LogP contribution is -2.49. The van der Waals surface area contributed by atoms with Gasteiger partial charge in [-0.2, -0.15) is 0 Å². The predicted molar refractivity (Wildman–Crippen MR) is 93.0 cm³/mol. The van der Waals surface area contributed by atoms with Crippen LogP contribution in [-0.2, 0) is 11.3 Å². The van der Waals surface area contributed by atoms with Gasteiger partial charge < -0.3 is 24.4 Å². The van der Waals surface area contributed by atoms with Crippen LogP contribution in [0.25, 0.3) is 0 Å². The smallest absolute Gasteiger partial charge is 0.161 e. The lowest BCUT2D eigenvalue weighted by Gasteiger charge is -2.35. The Balaban J connectivity index is 1.49. The number of benzene rings is 1. The molecule has 0 amide bonds. The zero-order valence-electron chi connectivity index (χ0n) is 14.8. The van der Waals surface area contributed by atoms with Crippen molar-refractivity contribution in [2.24, 2.45) is 0 Å². The normalized spacial score (nSPS) is 20.9. The van der Waals surface area contributed by atoms with E-state index in [1.54, 1.807) is 7.11 Å². The van der Waals surface area contributed by atoms with Gasteiger partial charge in [0.2, 0.25) is 0 Å². The molecule has 2 fully saturated rings. The van der Waals surface area contributed by atoms with Gasteiger partial charge in [0.05, 0.1) is 26.4 Å². The molecule has 2 saturated heterocycles. The maximum absolute atomic E-state index is 10.2. The molecule has 1 unspecified atom stereocenters. The highest BCUT2D eigenvalue weighted by atomic mass is 16.5. The van der Waals surface area contributed by atoms with E-state index in [4.69, 9.17) is 14.2 Å². The molecule has 0 radical (unpaired) electrons. The molecule has 0 bridgehead atoms. The molecule has 7 nitrogen and oxygen atoms in total. The van der Waals surface area contributed by atoms with Crippen molar-refractivity contribution in [3.05, 3.63) is 23.8 Å². The number of hydrogen-bond acceptors (Lipinski definition) is 7. The van der Waals surface area contributed by atoms with Gasteiger partial charge in [0.25, 0.3) is 0 Å². The SMILES string of the molecule is COc1cc(CN2CC(O)C2)ccc1OCC(O)CN1CCOCC1. The first-order valence-electron chi connectivity index (χ1n) is 8.82. The highest BCUT2D eigenvalue weighted by molar-refractivity contribution is 5.43. The molecule has 3 rings (SSSR count). The third-order valence-corrected chi connectivity index (χ3v) is 4.58. The second-order valence-electron chi connectivity index (χ2n) is 6.71. The fraction of sp³-hybridized carbons (Fsp3) is 0.667. The molecule has 25 heavy (non-hydrogen) atoms. The molecule has 1 atom stereocenters. The predicted octanol–water partition coefficient (Wildman–Crippen LogP) is -0.0564. The van der Waals surface area contributed by atoms with Crippen molar-refractivity contribution >= 4 is 0 Å². The molecular formula is C18H28N2O5. The van der Waals surface area contributed by atoms with Crippen LogP contribution < -0.4 is 9.47 Å². The number of morpholine rings is 1. The maximum atomic E-state index is 10.2. The number of β-amino-alcohol motifs (C(OH)–C–C–N with tert-alkyl or cyclic N) is 2. The van der Waals surface area contributed by atoms with Gasteiger partial charge in [0, 0.05) is 39.3 Å². The average Bonchev–Trinajstić information content (AvgIpc) is 2.60. The molecule has 2 aliphatic rings. The van der Waals surface area contributed by atoms with E-state index in [2.05, 4.69) is 9.80 Å². The van der Waals surface area contributed by atoms with E-state index in [0.717, 1.165) is 38.4 Å². The Morgan fingerprint density at radius 1 is 1.20 bits per heavy atom. The molecule has 0 aliphatic carbocycles. The summed E-state index contributed by atoms with van der Waals surface area (Å²) in [5.41, 5.74) is 1.12. The zero-order valence-corrected chi connectivity index (χ0v) is 14.8. The summed E-state index contributed by atoms with van der Waals surface area (Å²) >= 11 is 0. The molecule has 0 aromatic heterocycles. The first-order chi connectivity index (χ1) is 12.1. The summed E-state index contributed by atoms with van der Waals surface area (Å²) in [4.78, 5) is 4.35. The minimum atomic E-state index is -0.551. The molecule has 0 spiro atoms. The van der Waals surface area contributed by atoms with Gasteiger partial charge in [-0.3, -0.25) is 9.80 Å². The highest BCUT2D eigenvalue weighted by Crippen LogP contribution is 2.29. The Kier molecular flexibility index (Phi) is 6.50. The second kappa shape index (κ2) is 8.82.